The minimum absolute atomic E-state index is 0.440. The predicted molar refractivity (Wildman–Crippen MR) is 88.3 cm³/mol. The van der Waals surface area contributed by atoms with Crippen LogP contribution in [0, 0.1) is 25.2 Å². The van der Waals surface area contributed by atoms with Gasteiger partial charge in [0, 0.05) is 22.5 Å². The zero-order valence-electron chi connectivity index (χ0n) is 12.7. The minimum Gasteiger partial charge on any atom is -0.362 e. The summed E-state index contributed by atoms with van der Waals surface area (Å²) in [7, 11) is 0. The van der Waals surface area contributed by atoms with E-state index in [1.165, 1.54) is 0 Å². The molecular formula is C19H17N3. The van der Waals surface area contributed by atoms with Crippen molar-refractivity contribution >= 4 is 0 Å². The molecule has 0 aliphatic heterocycles. The maximum absolute atomic E-state index is 8.73. The van der Waals surface area contributed by atoms with Gasteiger partial charge in [-0.15, -0.1) is 0 Å². The molecule has 0 bridgehead atoms. The van der Waals surface area contributed by atoms with Crippen LogP contribution < -0.4 is 0 Å². The lowest BCUT2D eigenvalue weighted by Gasteiger charge is -2.05. The summed E-state index contributed by atoms with van der Waals surface area (Å²) in [5.74, 6) is 0. The Bertz CT molecular complexity index is 836. The summed E-state index contributed by atoms with van der Waals surface area (Å²) >= 11 is 0. The highest BCUT2D eigenvalue weighted by Crippen LogP contribution is 2.25. The molecule has 0 aliphatic carbocycles. The first-order valence-electron chi connectivity index (χ1n) is 7.27. The topological polar surface area (TPSA) is 52.5 Å². The van der Waals surface area contributed by atoms with E-state index in [9.17, 15) is 0 Å². The number of nitrogens with one attached hydrogen (secondary N) is 1. The molecule has 0 saturated carbocycles. The van der Waals surface area contributed by atoms with E-state index >= 15 is 0 Å². The first-order valence-corrected chi connectivity index (χ1v) is 7.27. The SMILES string of the molecule is Cc1cc(-c2cccc(-c3ccc(CC#N)cc3)n2)c(C)[nH]1. The highest BCUT2D eigenvalue weighted by Gasteiger charge is 2.08. The van der Waals surface area contributed by atoms with Crippen LogP contribution in [0.25, 0.3) is 22.5 Å². The van der Waals surface area contributed by atoms with Crippen molar-refractivity contribution in [1.82, 2.24) is 9.97 Å². The van der Waals surface area contributed by atoms with Gasteiger partial charge in [0.1, 0.15) is 0 Å². The Labute approximate surface area is 130 Å². The number of hydrogen-bond acceptors (Lipinski definition) is 2. The first-order chi connectivity index (χ1) is 10.7. The number of benzene rings is 1. The molecule has 0 fully saturated rings. The van der Waals surface area contributed by atoms with E-state index in [0.29, 0.717) is 6.42 Å². The van der Waals surface area contributed by atoms with Crippen molar-refractivity contribution in [1.29, 1.82) is 5.26 Å². The number of rotatable bonds is 3. The molecule has 2 heterocycles. The fraction of sp³-hybridized carbons (Fsp3) is 0.158. The molecule has 0 unspecified atom stereocenters. The fourth-order valence-corrected chi connectivity index (χ4v) is 2.62. The van der Waals surface area contributed by atoms with Gasteiger partial charge in [-0.05, 0) is 37.6 Å². The molecule has 3 rings (SSSR count). The van der Waals surface area contributed by atoms with Gasteiger partial charge in [0.05, 0.1) is 23.9 Å². The van der Waals surface area contributed by atoms with Crippen LogP contribution in [0.15, 0.2) is 48.5 Å². The largest absolute Gasteiger partial charge is 0.362 e. The van der Waals surface area contributed by atoms with Crippen LogP contribution in [0.5, 0.6) is 0 Å². The lowest BCUT2D eigenvalue weighted by Crippen LogP contribution is -1.89. The van der Waals surface area contributed by atoms with Crippen LogP contribution in [0.3, 0.4) is 0 Å². The van der Waals surface area contributed by atoms with E-state index in [1.807, 2.05) is 49.4 Å². The van der Waals surface area contributed by atoms with Crippen molar-refractivity contribution in [3.8, 4) is 28.6 Å². The van der Waals surface area contributed by atoms with Gasteiger partial charge >= 0.3 is 0 Å². The smallest absolute Gasteiger partial charge is 0.0727 e. The second-order valence-corrected chi connectivity index (χ2v) is 5.43. The number of pyridine rings is 1. The quantitative estimate of drug-likeness (QED) is 0.775. The van der Waals surface area contributed by atoms with Crippen molar-refractivity contribution in [3.63, 3.8) is 0 Å². The summed E-state index contributed by atoms with van der Waals surface area (Å²) in [6.45, 7) is 4.11. The molecule has 3 heteroatoms. The Morgan fingerprint density at radius 2 is 1.77 bits per heavy atom. The Kier molecular flexibility index (Phi) is 3.76. The molecular weight excluding hydrogens is 270 g/mol. The Morgan fingerprint density at radius 3 is 2.41 bits per heavy atom. The number of nitriles is 1. The summed E-state index contributed by atoms with van der Waals surface area (Å²) in [6.07, 6.45) is 0.440. The standard InChI is InChI=1S/C19H17N3/c1-13-12-17(14(2)21-13)19-5-3-4-18(22-19)16-8-6-15(7-9-16)10-11-20/h3-9,12,21H,10H2,1-2H3. The van der Waals surface area contributed by atoms with Crippen LogP contribution in [0.4, 0.5) is 0 Å². The van der Waals surface area contributed by atoms with Crippen LogP contribution in [-0.4, -0.2) is 9.97 Å². The van der Waals surface area contributed by atoms with E-state index in [-0.39, 0.29) is 0 Å². The van der Waals surface area contributed by atoms with Gasteiger partial charge in [0.15, 0.2) is 0 Å². The third-order valence-electron chi connectivity index (χ3n) is 3.71. The predicted octanol–water partition coefficient (Wildman–Crippen LogP) is 4.43. The molecule has 0 radical (unpaired) electrons. The van der Waals surface area contributed by atoms with Gasteiger partial charge in [-0.1, -0.05) is 30.3 Å². The second-order valence-electron chi connectivity index (χ2n) is 5.43. The number of nitrogens with zero attached hydrogens (tertiary/aromatic N) is 2. The summed E-state index contributed by atoms with van der Waals surface area (Å²) < 4.78 is 0. The van der Waals surface area contributed by atoms with Gasteiger partial charge in [0.2, 0.25) is 0 Å². The zero-order valence-corrected chi connectivity index (χ0v) is 12.7. The van der Waals surface area contributed by atoms with Crippen molar-refractivity contribution in [2.24, 2.45) is 0 Å². The highest BCUT2D eigenvalue weighted by molar-refractivity contribution is 5.68. The molecule has 2 aromatic heterocycles. The van der Waals surface area contributed by atoms with Crippen LogP contribution in [0.2, 0.25) is 0 Å². The minimum atomic E-state index is 0.440. The monoisotopic (exact) mass is 287 g/mol. The number of aromatic amines is 1. The van der Waals surface area contributed by atoms with Crippen LogP contribution in [-0.2, 0) is 6.42 Å². The number of H-pyrrole nitrogens is 1. The summed E-state index contributed by atoms with van der Waals surface area (Å²) in [6, 6.07) is 18.4. The fourth-order valence-electron chi connectivity index (χ4n) is 2.62. The van der Waals surface area contributed by atoms with E-state index in [1.54, 1.807) is 0 Å². The first kappa shape index (κ1) is 14.1. The average Bonchev–Trinajstić information content (AvgIpc) is 2.87. The molecule has 0 saturated heterocycles. The third kappa shape index (κ3) is 2.77. The van der Waals surface area contributed by atoms with Crippen LogP contribution >= 0.6 is 0 Å². The summed E-state index contributed by atoms with van der Waals surface area (Å²) in [4.78, 5) is 8.09. The number of aromatic nitrogens is 2. The Balaban J connectivity index is 1.97. The molecule has 1 N–H and O–H groups in total. The van der Waals surface area contributed by atoms with E-state index in [0.717, 1.165) is 39.5 Å². The third-order valence-corrected chi connectivity index (χ3v) is 3.71. The molecule has 108 valence electrons. The van der Waals surface area contributed by atoms with E-state index in [4.69, 9.17) is 10.2 Å². The molecule has 0 amide bonds. The van der Waals surface area contributed by atoms with Gasteiger partial charge < -0.3 is 4.98 Å². The molecule has 0 aliphatic rings. The van der Waals surface area contributed by atoms with E-state index < -0.39 is 0 Å². The molecule has 22 heavy (non-hydrogen) atoms. The average molecular weight is 287 g/mol. The molecule has 3 aromatic rings. The van der Waals surface area contributed by atoms with Gasteiger partial charge in [-0.2, -0.15) is 5.26 Å². The molecule has 0 spiro atoms. The van der Waals surface area contributed by atoms with Gasteiger partial charge in [0.25, 0.3) is 0 Å². The molecule has 1 aromatic carbocycles. The Hall–Kier alpha value is -2.86. The normalized spacial score (nSPS) is 10.4. The van der Waals surface area contributed by atoms with Gasteiger partial charge in [-0.25, -0.2) is 4.98 Å². The highest BCUT2D eigenvalue weighted by atomic mass is 14.8. The number of aryl methyl sites for hydroxylation is 2. The second kappa shape index (κ2) is 5.87. The van der Waals surface area contributed by atoms with Crippen LogP contribution in [0.1, 0.15) is 17.0 Å². The molecule has 3 nitrogen and oxygen atoms in total. The van der Waals surface area contributed by atoms with Crippen molar-refractivity contribution < 1.29 is 0 Å². The zero-order chi connectivity index (χ0) is 15.5. The summed E-state index contributed by atoms with van der Waals surface area (Å²) in [5.41, 5.74) is 7.42. The van der Waals surface area contributed by atoms with Crippen molar-refractivity contribution in [3.05, 3.63) is 65.5 Å². The Morgan fingerprint density at radius 1 is 1.05 bits per heavy atom. The van der Waals surface area contributed by atoms with Gasteiger partial charge in [-0.3, -0.25) is 0 Å². The summed E-state index contributed by atoms with van der Waals surface area (Å²) in [5, 5.41) is 8.73. The van der Waals surface area contributed by atoms with E-state index in [2.05, 4.69) is 24.0 Å². The lowest BCUT2D eigenvalue weighted by molar-refractivity contribution is 1.19. The number of hydrogen-bond donors (Lipinski definition) is 1. The molecule has 0 atom stereocenters. The maximum Gasteiger partial charge on any atom is 0.0727 e. The maximum atomic E-state index is 8.73. The van der Waals surface area contributed by atoms with Crippen molar-refractivity contribution in [2.45, 2.75) is 20.3 Å². The lowest BCUT2D eigenvalue weighted by atomic mass is 10.1. The van der Waals surface area contributed by atoms with Crippen molar-refractivity contribution in [2.75, 3.05) is 0 Å².